The maximum absolute atomic E-state index is 12.8. The van der Waals surface area contributed by atoms with Gasteiger partial charge in [0.15, 0.2) is 0 Å². The Morgan fingerprint density at radius 2 is 1.71 bits per heavy atom. The third-order valence-electron chi connectivity index (χ3n) is 4.08. The smallest absolute Gasteiger partial charge is 0.266 e. The van der Waals surface area contributed by atoms with Crippen molar-refractivity contribution in [1.29, 1.82) is 0 Å². The fourth-order valence-electron chi connectivity index (χ4n) is 2.88. The normalized spacial score (nSPS) is 15.2. The second kappa shape index (κ2) is 5.81. The van der Waals surface area contributed by atoms with Gasteiger partial charge in [0.25, 0.3) is 10.0 Å². The molecule has 0 radical (unpaired) electrons. The number of anilines is 1. The van der Waals surface area contributed by atoms with Gasteiger partial charge in [0.05, 0.1) is 16.1 Å². The molecule has 0 atom stereocenters. The molecule has 0 N–H and O–H groups in total. The van der Waals surface area contributed by atoms with Crippen molar-refractivity contribution < 1.29 is 21.6 Å². The number of aryl methyl sites for hydroxylation is 2. The average Bonchev–Trinajstić information content (AvgIpc) is 2.53. The average molecular weight is 355 g/mol. The highest BCUT2D eigenvalue weighted by Crippen LogP contribution is 2.34. The van der Waals surface area contributed by atoms with Crippen LogP contribution >= 0.6 is 0 Å². The van der Waals surface area contributed by atoms with Gasteiger partial charge in [0, 0.05) is 6.54 Å². The third-order valence-corrected chi connectivity index (χ3v) is 5.91. The summed E-state index contributed by atoms with van der Waals surface area (Å²) in [5.41, 5.74) is 1.72. The van der Waals surface area contributed by atoms with Crippen LogP contribution < -0.4 is 4.31 Å². The van der Waals surface area contributed by atoms with Crippen LogP contribution in [0.2, 0.25) is 0 Å². The van der Waals surface area contributed by atoms with Gasteiger partial charge in [0.2, 0.25) is 0 Å². The molecule has 3 rings (SSSR count). The Morgan fingerprint density at radius 1 is 1.04 bits per heavy atom. The lowest BCUT2D eigenvalue weighted by Crippen LogP contribution is -2.35. The minimum Gasteiger partial charge on any atom is -0.266 e. The zero-order valence-corrected chi connectivity index (χ0v) is 13.8. The van der Waals surface area contributed by atoms with E-state index in [1.807, 2.05) is 19.1 Å². The molecule has 1 aliphatic rings. The largest absolute Gasteiger partial charge is 0.416 e. The van der Waals surface area contributed by atoms with E-state index in [0.29, 0.717) is 18.7 Å². The van der Waals surface area contributed by atoms with E-state index in [2.05, 4.69) is 0 Å². The quantitative estimate of drug-likeness (QED) is 0.811. The molecule has 0 unspecified atom stereocenters. The van der Waals surface area contributed by atoms with E-state index in [1.54, 1.807) is 6.07 Å². The molecule has 0 spiro atoms. The standard InChI is InChI=1S/C17H16F3NO2S/c1-12-4-9-16-13(11-12)3-2-10-21(16)24(22,23)15-7-5-14(6-8-15)17(18,19)20/h4-9,11H,2-3,10H2,1H3. The fourth-order valence-corrected chi connectivity index (χ4v) is 4.43. The Balaban J connectivity index is 2.00. The number of sulfonamides is 1. The summed E-state index contributed by atoms with van der Waals surface area (Å²) in [5, 5.41) is 0. The van der Waals surface area contributed by atoms with Crippen molar-refractivity contribution in [3.63, 3.8) is 0 Å². The van der Waals surface area contributed by atoms with Crippen molar-refractivity contribution in [2.75, 3.05) is 10.8 Å². The molecule has 0 aliphatic carbocycles. The molecule has 0 amide bonds. The summed E-state index contributed by atoms with van der Waals surface area (Å²) < 4.78 is 64.9. The number of hydrogen-bond donors (Lipinski definition) is 0. The van der Waals surface area contributed by atoms with Gasteiger partial charge in [-0.05, 0) is 55.7 Å². The molecule has 2 aromatic rings. The first-order chi connectivity index (χ1) is 11.2. The molecule has 2 aromatic carbocycles. The van der Waals surface area contributed by atoms with Crippen molar-refractivity contribution in [1.82, 2.24) is 0 Å². The van der Waals surface area contributed by atoms with E-state index in [9.17, 15) is 21.6 Å². The van der Waals surface area contributed by atoms with Crippen LogP contribution in [0.15, 0.2) is 47.4 Å². The topological polar surface area (TPSA) is 37.4 Å². The van der Waals surface area contributed by atoms with Crippen LogP contribution in [-0.2, 0) is 22.6 Å². The van der Waals surface area contributed by atoms with Gasteiger partial charge >= 0.3 is 6.18 Å². The predicted molar refractivity (Wildman–Crippen MR) is 85.5 cm³/mol. The first-order valence-electron chi connectivity index (χ1n) is 7.49. The van der Waals surface area contributed by atoms with Crippen LogP contribution in [0.3, 0.4) is 0 Å². The number of hydrogen-bond acceptors (Lipinski definition) is 2. The minimum atomic E-state index is -4.49. The lowest BCUT2D eigenvalue weighted by Gasteiger charge is -2.30. The summed E-state index contributed by atoms with van der Waals surface area (Å²) in [6.45, 7) is 2.25. The number of fused-ring (bicyclic) bond motifs is 1. The van der Waals surface area contributed by atoms with Gasteiger partial charge in [-0.2, -0.15) is 13.2 Å². The monoisotopic (exact) mass is 355 g/mol. The summed E-state index contributed by atoms with van der Waals surface area (Å²) in [7, 11) is -3.88. The van der Waals surface area contributed by atoms with Gasteiger partial charge in [-0.3, -0.25) is 4.31 Å². The molecule has 1 heterocycles. The molecule has 0 aromatic heterocycles. The van der Waals surface area contributed by atoms with Gasteiger partial charge in [-0.15, -0.1) is 0 Å². The number of alkyl halides is 3. The molecule has 7 heteroatoms. The highest BCUT2D eigenvalue weighted by molar-refractivity contribution is 7.92. The first-order valence-corrected chi connectivity index (χ1v) is 8.93. The maximum Gasteiger partial charge on any atom is 0.416 e. The first kappa shape index (κ1) is 16.8. The van der Waals surface area contributed by atoms with Crippen LogP contribution in [0.4, 0.5) is 18.9 Å². The fraction of sp³-hybridized carbons (Fsp3) is 0.294. The van der Waals surface area contributed by atoms with Crippen molar-refractivity contribution in [3.8, 4) is 0 Å². The summed E-state index contributed by atoms with van der Waals surface area (Å²) in [6, 6.07) is 9.16. The van der Waals surface area contributed by atoms with E-state index in [4.69, 9.17) is 0 Å². The third kappa shape index (κ3) is 3.00. The van der Waals surface area contributed by atoms with Crippen molar-refractivity contribution in [3.05, 3.63) is 59.2 Å². The zero-order chi connectivity index (χ0) is 17.5. The van der Waals surface area contributed by atoms with Crippen LogP contribution in [0, 0.1) is 6.92 Å². The van der Waals surface area contributed by atoms with Gasteiger partial charge < -0.3 is 0 Å². The SMILES string of the molecule is Cc1ccc2c(c1)CCCN2S(=O)(=O)c1ccc(C(F)(F)F)cc1. The van der Waals surface area contributed by atoms with Crippen LogP contribution in [0.1, 0.15) is 23.1 Å². The van der Waals surface area contributed by atoms with Gasteiger partial charge in [-0.25, -0.2) is 8.42 Å². The van der Waals surface area contributed by atoms with Crippen molar-refractivity contribution >= 4 is 15.7 Å². The van der Waals surface area contributed by atoms with Gasteiger partial charge in [0.1, 0.15) is 0 Å². The molecule has 0 saturated carbocycles. The second-order valence-corrected chi connectivity index (χ2v) is 7.70. The second-order valence-electron chi connectivity index (χ2n) is 5.84. The van der Waals surface area contributed by atoms with E-state index >= 15 is 0 Å². The van der Waals surface area contributed by atoms with E-state index in [1.165, 1.54) is 4.31 Å². The molecule has 128 valence electrons. The highest BCUT2D eigenvalue weighted by Gasteiger charge is 2.32. The van der Waals surface area contributed by atoms with Crippen LogP contribution in [0.25, 0.3) is 0 Å². The Morgan fingerprint density at radius 3 is 2.33 bits per heavy atom. The van der Waals surface area contributed by atoms with E-state index < -0.39 is 21.8 Å². The molecular weight excluding hydrogens is 339 g/mol. The zero-order valence-electron chi connectivity index (χ0n) is 13.0. The summed E-state index contributed by atoms with van der Waals surface area (Å²) in [5.74, 6) is 0. The number of halogens is 3. The molecular formula is C17H16F3NO2S. The van der Waals surface area contributed by atoms with Crippen LogP contribution in [-0.4, -0.2) is 15.0 Å². The number of rotatable bonds is 2. The number of benzene rings is 2. The molecule has 0 fully saturated rings. The molecule has 3 nitrogen and oxygen atoms in total. The van der Waals surface area contributed by atoms with Crippen molar-refractivity contribution in [2.45, 2.75) is 30.8 Å². The van der Waals surface area contributed by atoms with Crippen LogP contribution in [0.5, 0.6) is 0 Å². The lowest BCUT2D eigenvalue weighted by molar-refractivity contribution is -0.137. The van der Waals surface area contributed by atoms with Crippen molar-refractivity contribution in [2.24, 2.45) is 0 Å². The Kier molecular flexibility index (Phi) is 4.07. The lowest BCUT2D eigenvalue weighted by atomic mass is 10.0. The molecule has 24 heavy (non-hydrogen) atoms. The Hall–Kier alpha value is -2.02. The summed E-state index contributed by atoms with van der Waals surface area (Å²) >= 11 is 0. The summed E-state index contributed by atoms with van der Waals surface area (Å²) in [4.78, 5) is -0.135. The molecule has 1 aliphatic heterocycles. The number of nitrogens with zero attached hydrogens (tertiary/aromatic N) is 1. The highest BCUT2D eigenvalue weighted by atomic mass is 32.2. The summed E-state index contributed by atoms with van der Waals surface area (Å²) in [6.07, 6.45) is -3.02. The van der Waals surface area contributed by atoms with E-state index in [0.717, 1.165) is 41.8 Å². The predicted octanol–water partition coefficient (Wildman–Crippen LogP) is 4.16. The van der Waals surface area contributed by atoms with Gasteiger partial charge in [-0.1, -0.05) is 17.7 Å². The van der Waals surface area contributed by atoms with E-state index in [-0.39, 0.29) is 4.90 Å². The minimum absolute atomic E-state index is 0.135. The molecule has 0 saturated heterocycles. The molecule has 0 bridgehead atoms. The maximum atomic E-state index is 12.8. The Labute approximate surface area is 138 Å². The Bertz CT molecular complexity index is 858.